The van der Waals surface area contributed by atoms with E-state index in [-0.39, 0.29) is 11.8 Å². The van der Waals surface area contributed by atoms with Crippen molar-refractivity contribution in [3.05, 3.63) is 90.4 Å². The van der Waals surface area contributed by atoms with Gasteiger partial charge in [0.15, 0.2) is 0 Å². The Labute approximate surface area is 192 Å². The monoisotopic (exact) mass is 439 g/mol. The minimum Gasteiger partial charge on any atom is -0.350 e. The first-order valence-electron chi connectivity index (χ1n) is 11.2. The Morgan fingerprint density at radius 2 is 1.79 bits per heavy atom. The predicted octanol–water partition coefficient (Wildman–Crippen LogP) is 3.79. The van der Waals surface area contributed by atoms with Gasteiger partial charge in [-0.25, -0.2) is 9.97 Å². The van der Waals surface area contributed by atoms with Gasteiger partial charge in [0.05, 0.1) is 11.0 Å². The fourth-order valence-corrected chi connectivity index (χ4v) is 4.30. The van der Waals surface area contributed by atoms with Crippen molar-refractivity contribution in [3.63, 3.8) is 0 Å². The van der Waals surface area contributed by atoms with Gasteiger partial charge < -0.3 is 10.2 Å². The molecule has 7 nitrogen and oxygen atoms in total. The third-order valence-corrected chi connectivity index (χ3v) is 6.01. The number of carbonyl (C=O) groups is 2. The highest BCUT2D eigenvalue weighted by Gasteiger charge is 2.32. The maximum atomic E-state index is 13.2. The van der Waals surface area contributed by atoms with Crippen molar-refractivity contribution in [2.24, 2.45) is 0 Å². The molecule has 33 heavy (non-hydrogen) atoms. The number of carbonyl (C=O) groups excluding carboxylic acids is 2. The number of hydrogen-bond donors (Lipinski definition) is 1. The molecule has 0 aliphatic carbocycles. The average Bonchev–Trinajstić information content (AvgIpc) is 3.29. The fraction of sp³-hybridized carbons (Fsp3) is 0.231. The molecule has 1 N–H and O–H groups in total. The number of nitrogens with one attached hydrogen (secondary N) is 1. The predicted molar refractivity (Wildman–Crippen MR) is 125 cm³/mol. The van der Waals surface area contributed by atoms with E-state index in [4.69, 9.17) is 0 Å². The van der Waals surface area contributed by atoms with Crippen molar-refractivity contribution in [1.29, 1.82) is 0 Å². The van der Waals surface area contributed by atoms with Crippen LogP contribution in [-0.2, 0) is 16.1 Å². The average molecular weight is 440 g/mol. The van der Waals surface area contributed by atoms with Gasteiger partial charge in [0, 0.05) is 25.7 Å². The molecular formula is C26H25N5O2. The number of likely N-dealkylation sites (tertiary alicyclic amines) is 1. The van der Waals surface area contributed by atoms with Crippen LogP contribution in [0, 0.1) is 0 Å². The van der Waals surface area contributed by atoms with Gasteiger partial charge in [-0.2, -0.15) is 0 Å². The molecule has 1 unspecified atom stereocenters. The van der Waals surface area contributed by atoms with Crippen molar-refractivity contribution < 1.29 is 9.59 Å². The summed E-state index contributed by atoms with van der Waals surface area (Å²) >= 11 is 0. The third-order valence-electron chi connectivity index (χ3n) is 6.01. The van der Waals surface area contributed by atoms with E-state index in [1.807, 2.05) is 71.3 Å². The van der Waals surface area contributed by atoms with Crippen molar-refractivity contribution in [2.75, 3.05) is 6.54 Å². The summed E-state index contributed by atoms with van der Waals surface area (Å²) in [5.41, 5.74) is 3.61. The molecule has 0 saturated carbocycles. The molecule has 3 heterocycles. The summed E-state index contributed by atoms with van der Waals surface area (Å²) in [4.78, 5) is 36.5. The number of rotatable bonds is 6. The number of imidazole rings is 1. The number of piperidine rings is 1. The van der Waals surface area contributed by atoms with E-state index in [2.05, 4.69) is 15.3 Å². The van der Waals surface area contributed by atoms with E-state index in [0.29, 0.717) is 19.5 Å². The summed E-state index contributed by atoms with van der Waals surface area (Å²) in [5.74, 6) is 0.616. The number of para-hydroxylation sites is 2. The zero-order valence-electron chi connectivity index (χ0n) is 18.2. The molecule has 1 aliphatic rings. The first kappa shape index (κ1) is 20.9. The summed E-state index contributed by atoms with van der Waals surface area (Å²) in [7, 11) is 0. The number of fused-ring (bicyclic) bond motifs is 1. The van der Waals surface area contributed by atoms with Crippen LogP contribution in [0.25, 0.3) is 16.9 Å². The van der Waals surface area contributed by atoms with Crippen LogP contribution in [0.1, 0.15) is 36.4 Å². The molecule has 166 valence electrons. The van der Waals surface area contributed by atoms with E-state index in [1.165, 1.54) is 0 Å². The molecule has 7 heteroatoms. The van der Waals surface area contributed by atoms with Crippen molar-refractivity contribution in [1.82, 2.24) is 24.8 Å². The highest BCUT2D eigenvalue weighted by Crippen LogP contribution is 2.26. The second kappa shape index (κ2) is 9.24. The molecule has 1 fully saturated rings. The lowest BCUT2D eigenvalue weighted by Gasteiger charge is -2.34. The van der Waals surface area contributed by atoms with Crippen LogP contribution in [0.2, 0.25) is 0 Å². The van der Waals surface area contributed by atoms with Crippen LogP contribution in [0.15, 0.2) is 79.3 Å². The van der Waals surface area contributed by atoms with E-state index in [0.717, 1.165) is 40.8 Å². The zero-order chi connectivity index (χ0) is 22.6. The van der Waals surface area contributed by atoms with Crippen molar-refractivity contribution in [2.45, 2.75) is 31.8 Å². The van der Waals surface area contributed by atoms with Gasteiger partial charge in [0.2, 0.25) is 11.8 Å². The van der Waals surface area contributed by atoms with Crippen LogP contribution < -0.4 is 5.32 Å². The molecule has 2 aromatic carbocycles. The number of nitrogens with zero attached hydrogens (tertiary/aromatic N) is 4. The third kappa shape index (κ3) is 4.35. The Balaban J connectivity index is 1.31. The van der Waals surface area contributed by atoms with Gasteiger partial charge in [0.25, 0.3) is 0 Å². The number of benzene rings is 2. The Morgan fingerprint density at radius 1 is 0.970 bits per heavy atom. The number of amides is 2. The van der Waals surface area contributed by atoms with Crippen LogP contribution in [0.4, 0.5) is 0 Å². The lowest BCUT2D eigenvalue weighted by Crippen LogP contribution is -2.45. The van der Waals surface area contributed by atoms with E-state index in [9.17, 15) is 9.59 Å². The lowest BCUT2D eigenvalue weighted by atomic mass is 10.0. The summed E-state index contributed by atoms with van der Waals surface area (Å²) in [6.45, 7) is 0.934. The Hall–Kier alpha value is -4.00. The van der Waals surface area contributed by atoms with Crippen LogP contribution in [0.3, 0.4) is 0 Å². The van der Waals surface area contributed by atoms with Gasteiger partial charge in [0.1, 0.15) is 18.2 Å². The fourth-order valence-electron chi connectivity index (χ4n) is 4.30. The zero-order valence-corrected chi connectivity index (χ0v) is 18.2. The van der Waals surface area contributed by atoms with E-state index in [1.54, 1.807) is 17.4 Å². The second-order valence-electron chi connectivity index (χ2n) is 8.20. The highest BCUT2D eigenvalue weighted by molar-refractivity contribution is 5.89. The smallest absolute Gasteiger partial charge is 0.247 e. The summed E-state index contributed by atoms with van der Waals surface area (Å²) in [6.07, 6.45) is 5.80. The van der Waals surface area contributed by atoms with Gasteiger partial charge in [-0.1, -0.05) is 48.5 Å². The molecule has 2 amide bonds. The van der Waals surface area contributed by atoms with Gasteiger partial charge in [-0.05, 0) is 42.2 Å². The van der Waals surface area contributed by atoms with Crippen LogP contribution >= 0.6 is 0 Å². The highest BCUT2D eigenvalue weighted by atomic mass is 16.2. The lowest BCUT2D eigenvalue weighted by molar-refractivity contribution is -0.142. The molecule has 0 spiro atoms. The maximum absolute atomic E-state index is 13.2. The minimum absolute atomic E-state index is 0.0313. The Kier molecular flexibility index (Phi) is 5.85. The molecule has 0 radical (unpaired) electrons. The molecule has 1 saturated heterocycles. The molecule has 0 bridgehead atoms. The molecule has 1 aliphatic heterocycles. The standard InChI is InChI=1S/C26H25N5O2/c32-24-12-6-7-15-30(24)25(20-8-2-1-3-9-20)26(33)28-17-19-13-14-23(27-16-19)31-18-29-21-10-4-5-11-22(21)31/h1-5,8-11,13-14,16,18,25H,6-7,12,15,17H2,(H,28,33). The van der Waals surface area contributed by atoms with Crippen LogP contribution in [-0.4, -0.2) is 37.8 Å². The normalized spacial score (nSPS) is 14.9. The van der Waals surface area contributed by atoms with Crippen LogP contribution in [0.5, 0.6) is 0 Å². The van der Waals surface area contributed by atoms with Gasteiger partial charge in [-0.15, -0.1) is 0 Å². The number of hydrogen-bond acceptors (Lipinski definition) is 4. The van der Waals surface area contributed by atoms with E-state index < -0.39 is 6.04 Å². The summed E-state index contributed by atoms with van der Waals surface area (Å²) < 4.78 is 1.94. The SMILES string of the molecule is O=C(NCc1ccc(-n2cnc3ccccc32)nc1)C(c1ccccc1)N1CCCCC1=O. The summed E-state index contributed by atoms with van der Waals surface area (Å²) in [6, 6.07) is 20.6. The van der Waals surface area contributed by atoms with Gasteiger partial charge >= 0.3 is 0 Å². The second-order valence-corrected chi connectivity index (χ2v) is 8.20. The largest absolute Gasteiger partial charge is 0.350 e. The molecule has 2 aromatic heterocycles. The molecule has 1 atom stereocenters. The number of pyridine rings is 1. The molecule has 5 rings (SSSR count). The van der Waals surface area contributed by atoms with E-state index >= 15 is 0 Å². The Bertz CT molecular complexity index is 1270. The van der Waals surface area contributed by atoms with Crippen molar-refractivity contribution >= 4 is 22.8 Å². The Morgan fingerprint density at radius 3 is 2.58 bits per heavy atom. The first-order chi connectivity index (χ1) is 16.2. The number of aromatic nitrogens is 3. The minimum atomic E-state index is -0.622. The molecular weight excluding hydrogens is 414 g/mol. The maximum Gasteiger partial charge on any atom is 0.247 e. The molecule has 4 aromatic rings. The summed E-state index contributed by atoms with van der Waals surface area (Å²) in [5, 5.41) is 3.01. The van der Waals surface area contributed by atoms with Gasteiger partial charge in [-0.3, -0.25) is 14.2 Å². The quantitative estimate of drug-likeness (QED) is 0.496. The van der Waals surface area contributed by atoms with Crippen molar-refractivity contribution in [3.8, 4) is 5.82 Å². The topological polar surface area (TPSA) is 80.1 Å². The first-order valence-corrected chi connectivity index (χ1v) is 11.2.